The van der Waals surface area contributed by atoms with Gasteiger partial charge in [0.05, 0.1) is 17.7 Å². The van der Waals surface area contributed by atoms with Gasteiger partial charge in [-0.2, -0.15) is 0 Å². The van der Waals surface area contributed by atoms with Gasteiger partial charge >= 0.3 is 0 Å². The molecule has 1 aromatic heterocycles. The molecule has 0 aliphatic carbocycles. The Balaban J connectivity index is 1.47. The molecule has 2 atom stereocenters. The van der Waals surface area contributed by atoms with E-state index in [-0.39, 0.29) is 6.04 Å². The first-order valence-corrected chi connectivity index (χ1v) is 9.47. The Hall–Kier alpha value is -3.19. The van der Waals surface area contributed by atoms with Crippen molar-refractivity contribution in [3.05, 3.63) is 59.4 Å². The molecule has 0 unspecified atom stereocenters. The summed E-state index contributed by atoms with van der Waals surface area (Å²) in [7, 11) is 0. The lowest BCUT2D eigenvalue weighted by Crippen LogP contribution is -2.28. The normalized spacial score (nSPS) is 20.7. The minimum absolute atomic E-state index is 0.177. The largest absolute Gasteiger partial charge is 0.493 e. The maximum atomic E-state index is 11.7. The van der Waals surface area contributed by atoms with E-state index in [4.69, 9.17) is 10.5 Å². The number of ether oxygens (including phenoxy) is 1. The van der Waals surface area contributed by atoms with Gasteiger partial charge < -0.3 is 21.1 Å². The summed E-state index contributed by atoms with van der Waals surface area (Å²) in [6.45, 7) is 2.49. The number of rotatable bonds is 4. The zero-order valence-electron chi connectivity index (χ0n) is 15.3. The monoisotopic (exact) mass is 375 g/mol. The Bertz CT molecular complexity index is 1070. The molecule has 7 heteroatoms. The number of carbonyl (C=O) groups excluding carboxylic acids is 1. The first kappa shape index (κ1) is 16.9. The molecule has 1 amide bonds. The Kier molecular flexibility index (Phi) is 4.09. The van der Waals surface area contributed by atoms with Gasteiger partial charge in [-0.1, -0.05) is 18.2 Å². The highest BCUT2D eigenvalue weighted by Gasteiger charge is 2.30. The number of nitrogens with one attached hydrogen (secondary N) is 2. The SMILES string of the molecule is NC(=O)c1cccc2c(N[C@@H]3CNC[C@H]3c3ccc4c(c3)CCO4)ncnc12. The summed E-state index contributed by atoms with van der Waals surface area (Å²) in [4.78, 5) is 20.4. The predicted octanol–water partition coefficient (Wildman–Crippen LogP) is 1.83. The maximum absolute atomic E-state index is 11.7. The number of fused-ring (bicyclic) bond motifs is 2. The molecule has 0 radical (unpaired) electrons. The average Bonchev–Trinajstić information content (AvgIpc) is 3.36. The molecule has 2 aliphatic heterocycles. The van der Waals surface area contributed by atoms with Gasteiger partial charge in [-0.05, 0) is 29.3 Å². The first-order chi connectivity index (χ1) is 13.7. The quantitative estimate of drug-likeness (QED) is 0.643. The minimum atomic E-state index is -0.490. The fourth-order valence-corrected chi connectivity index (χ4v) is 4.19. The third-order valence-electron chi connectivity index (χ3n) is 5.61. The van der Waals surface area contributed by atoms with Crippen LogP contribution in [0.3, 0.4) is 0 Å². The second kappa shape index (κ2) is 6.76. The molecule has 142 valence electrons. The number of primary amides is 1. The van der Waals surface area contributed by atoms with Gasteiger partial charge in [-0.15, -0.1) is 0 Å². The number of anilines is 1. The maximum Gasteiger partial charge on any atom is 0.250 e. The van der Waals surface area contributed by atoms with Crippen molar-refractivity contribution in [2.45, 2.75) is 18.4 Å². The summed E-state index contributed by atoms with van der Waals surface area (Å²) < 4.78 is 5.63. The number of para-hydroxylation sites is 1. The molecule has 2 aromatic carbocycles. The highest BCUT2D eigenvalue weighted by molar-refractivity contribution is 6.06. The molecule has 28 heavy (non-hydrogen) atoms. The van der Waals surface area contributed by atoms with Crippen molar-refractivity contribution < 1.29 is 9.53 Å². The number of hydrogen-bond donors (Lipinski definition) is 3. The van der Waals surface area contributed by atoms with Crippen LogP contribution in [-0.4, -0.2) is 41.6 Å². The van der Waals surface area contributed by atoms with E-state index in [0.29, 0.717) is 17.0 Å². The van der Waals surface area contributed by atoms with E-state index in [1.807, 2.05) is 12.1 Å². The van der Waals surface area contributed by atoms with E-state index in [1.165, 1.54) is 17.5 Å². The van der Waals surface area contributed by atoms with Crippen molar-refractivity contribution in [2.24, 2.45) is 5.73 Å². The van der Waals surface area contributed by atoms with Crippen molar-refractivity contribution in [2.75, 3.05) is 25.0 Å². The standard InChI is InChI=1S/C21H21N5O2/c22-20(27)14-2-1-3-15-19(14)24-11-25-21(15)26-17-10-23-9-16(17)12-4-5-18-13(8-12)6-7-28-18/h1-5,8,11,16-17,23H,6-7,9-10H2,(H2,22,27)(H,24,25,26)/t16-,17+/m0/s1. The van der Waals surface area contributed by atoms with Gasteiger partial charge in [0.25, 0.3) is 5.91 Å². The summed E-state index contributed by atoms with van der Waals surface area (Å²) in [6, 6.07) is 12.1. The molecule has 3 heterocycles. The number of amides is 1. The number of aromatic nitrogens is 2. The molecule has 5 rings (SSSR count). The van der Waals surface area contributed by atoms with Crippen LogP contribution >= 0.6 is 0 Å². The second-order valence-electron chi connectivity index (χ2n) is 7.27. The van der Waals surface area contributed by atoms with Crippen LogP contribution in [0.25, 0.3) is 10.9 Å². The summed E-state index contributed by atoms with van der Waals surface area (Å²) in [5.74, 6) is 1.54. The molecular weight excluding hydrogens is 354 g/mol. The van der Waals surface area contributed by atoms with Crippen LogP contribution in [0.4, 0.5) is 5.82 Å². The third kappa shape index (κ3) is 2.84. The molecule has 2 aliphatic rings. The van der Waals surface area contributed by atoms with E-state index >= 15 is 0 Å². The third-order valence-corrected chi connectivity index (χ3v) is 5.61. The molecule has 1 fully saturated rings. The molecule has 1 saturated heterocycles. The van der Waals surface area contributed by atoms with Crippen LogP contribution in [0, 0.1) is 0 Å². The molecule has 4 N–H and O–H groups in total. The highest BCUT2D eigenvalue weighted by Crippen LogP contribution is 2.33. The molecule has 3 aromatic rings. The van der Waals surface area contributed by atoms with E-state index in [9.17, 15) is 4.79 Å². The smallest absolute Gasteiger partial charge is 0.250 e. The zero-order valence-corrected chi connectivity index (χ0v) is 15.3. The fraction of sp³-hybridized carbons (Fsp3) is 0.286. The van der Waals surface area contributed by atoms with Gasteiger partial charge in [0.15, 0.2) is 0 Å². The summed E-state index contributed by atoms with van der Waals surface area (Å²) >= 11 is 0. The first-order valence-electron chi connectivity index (χ1n) is 9.47. The summed E-state index contributed by atoms with van der Waals surface area (Å²) in [6.07, 6.45) is 2.44. The van der Waals surface area contributed by atoms with E-state index in [2.05, 4.69) is 38.8 Å². The van der Waals surface area contributed by atoms with Crippen molar-refractivity contribution in [1.82, 2.24) is 15.3 Å². The Labute approximate surface area is 162 Å². The molecule has 0 saturated carbocycles. The Morgan fingerprint density at radius 2 is 2.14 bits per heavy atom. The second-order valence-corrected chi connectivity index (χ2v) is 7.27. The van der Waals surface area contributed by atoms with Gasteiger partial charge in [-0.25, -0.2) is 9.97 Å². The van der Waals surface area contributed by atoms with E-state index < -0.39 is 5.91 Å². The molecular formula is C21H21N5O2. The predicted molar refractivity (Wildman–Crippen MR) is 107 cm³/mol. The zero-order chi connectivity index (χ0) is 19.1. The van der Waals surface area contributed by atoms with Gasteiger partial charge in [0.2, 0.25) is 0 Å². The highest BCUT2D eigenvalue weighted by atomic mass is 16.5. The number of carbonyl (C=O) groups is 1. The lowest BCUT2D eigenvalue weighted by atomic mass is 9.92. The van der Waals surface area contributed by atoms with Crippen molar-refractivity contribution in [3.63, 3.8) is 0 Å². The molecule has 0 spiro atoms. The minimum Gasteiger partial charge on any atom is -0.493 e. The van der Waals surface area contributed by atoms with Crippen LogP contribution in [0.2, 0.25) is 0 Å². The lowest BCUT2D eigenvalue weighted by molar-refractivity contribution is 0.100. The summed E-state index contributed by atoms with van der Waals surface area (Å²) in [5, 5.41) is 7.84. The average molecular weight is 375 g/mol. The number of nitrogens with two attached hydrogens (primary N) is 1. The van der Waals surface area contributed by atoms with Crippen molar-refractivity contribution in [1.29, 1.82) is 0 Å². The Morgan fingerprint density at radius 3 is 3.04 bits per heavy atom. The van der Waals surface area contributed by atoms with Crippen LogP contribution in [0.1, 0.15) is 27.4 Å². The van der Waals surface area contributed by atoms with Gasteiger partial charge in [0, 0.05) is 36.9 Å². The van der Waals surface area contributed by atoms with Gasteiger partial charge in [0.1, 0.15) is 17.9 Å². The van der Waals surface area contributed by atoms with Crippen LogP contribution in [0.15, 0.2) is 42.7 Å². The van der Waals surface area contributed by atoms with Crippen LogP contribution in [-0.2, 0) is 6.42 Å². The summed E-state index contributed by atoms with van der Waals surface area (Å²) in [5.41, 5.74) is 9.05. The molecule has 7 nitrogen and oxygen atoms in total. The van der Waals surface area contributed by atoms with Crippen LogP contribution < -0.4 is 21.1 Å². The Morgan fingerprint density at radius 1 is 1.21 bits per heavy atom. The number of nitrogens with zero attached hydrogens (tertiary/aromatic N) is 2. The topological polar surface area (TPSA) is 102 Å². The molecule has 0 bridgehead atoms. The van der Waals surface area contributed by atoms with Crippen molar-refractivity contribution >= 4 is 22.6 Å². The number of benzene rings is 2. The van der Waals surface area contributed by atoms with E-state index in [1.54, 1.807) is 6.07 Å². The van der Waals surface area contributed by atoms with Gasteiger partial charge in [-0.3, -0.25) is 4.79 Å². The van der Waals surface area contributed by atoms with E-state index in [0.717, 1.165) is 43.1 Å². The number of hydrogen-bond acceptors (Lipinski definition) is 6. The van der Waals surface area contributed by atoms with Crippen LogP contribution in [0.5, 0.6) is 5.75 Å². The fourth-order valence-electron chi connectivity index (χ4n) is 4.19. The van der Waals surface area contributed by atoms with Crippen molar-refractivity contribution in [3.8, 4) is 5.75 Å². The lowest BCUT2D eigenvalue weighted by Gasteiger charge is -2.22.